The zero-order valence-corrected chi connectivity index (χ0v) is 15.2. The molecule has 4 heteroatoms. The number of unbranched alkanes of at least 4 members (excludes halogenated alkanes) is 1. The summed E-state index contributed by atoms with van der Waals surface area (Å²) in [4.78, 5) is 12.0. The van der Waals surface area contributed by atoms with Crippen LogP contribution in [0.3, 0.4) is 0 Å². The largest absolute Gasteiger partial charge is 0.483 e. The molecule has 0 radical (unpaired) electrons. The molecule has 2 aromatic carbocycles. The molecule has 0 aliphatic heterocycles. The van der Waals surface area contributed by atoms with Gasteiger partial charge in [0.15, 0.2) is 6.61 Å². The fraction of sp³-hybridized carbons (Fsp3) is 0.316. The Morgan fingerprint density at radius 2 is 1.91 bits per heavy atom. The third kappa shape index (κ3) is 5.71. The van der Waals surface area contributed by atoms with Gasteiger partial charge in [-0.15, -0.1) is 0 Å². The van der Waals surface area contributed by atoms with E-state index in [1.54, 1.807) is 0 Å². The highest BCUT2D eigenvalue weighted by atomic mass is 79.9. The maximum atomic E-state index is 12.0. The normalized spacial score (nSPS) is 10.4. The van der Waals surface area contributed by atoms with Crippen LogP contribution in [0.4, 0.5) is 5.69 Å². The van der Waals surface area contributed by atoms with Crippen molar-refractivity contribution in [2.75, 3.05) is 11.9 Å². The molecule has 122 valence electrons. The van der Waals surface area contributed by atoms with Crippen LogP contribution in [0.25, 0.3) is 0 Å². The van der Waals surface area contributed by atoms with Crippen molar-refractivity contribution in [1.29, 1.82) is 0 Å². The summed E-state index contributed by atoms with van der Waals surface area (Å²) in [7, 11) is 0. The van der Waals surface area contributed by atoms with Crippen molar-refractivity contribution in [3.05, 3.63) is 58.1 Å². The van der Waals surface area contributed by atoms with E-state index in [2.05, 4.69) is 40.3 Å². The fourth-order valence-electron chi connectivity index (χ4n) is 2.20. The van der Waals surface area contributed by atoms with Crippen LogP contribution in [0.1, 0.15) is 30.9 Å². The van der Waals surface area contributed by atoms with Crippen LogP contribution in [0.5, 0.6) is 5.75 Å². The molecule has 0 heterocycles. The molecular weight excluding hydrogens is 354 g/mol. The van der Waals surface area contributed by atoms with E-state index in [4.69, 9.17) is 4.74 Å². The van der Waals surface area contributed by atoms with Gasteiger partial charge in [-0.2, -0.15) is 0 Å². The highest BCUT2D eigenvalue weighted by Crippen LogP contribution is 2.25. The molecule has 0 aliphatic carbocycles. The lowest BCUT2D eigenvalue weighted by Crippen LogP contribution is -2.20. The molecule has 2 aromatic rings. The predicted octanol–water partition coefficient (Wildman–Crippen LogP) is 5.12. The molecule has 3 nitrogen and oxygen atoms in total. The van der Waals surface area contributed by atoms with Crippen LogP contribution in [0.2, 0.25) is 0 Å². The number of carbonyl (C=O) groups is 1. The second kappa shape index (κ2) is 8.73. The van der Waals surface area contributed by atoms with Gasteiger partial charge in [0, 0.05) is 5.69 Å². The van der Waals surface area contributed by atoms with E-state index in [1.165, 1.54) is 18.4 Å². The van der Waals surface area contributed by atoms with Crippen molar-refractivity contribution in [2.24, 2.45) is 0 Å². The predicted molar refractivity (Wildman–Crippen MR) is 98.1 cm³/mol. The Kier molecular flexibility index (Phi) is 6.66. The molecule has 0 spiro atoms. The number of benzene rings is 2. The Bertz CT molecular complexity index is 653. The number of hydrogen-bond acceptors (Lipinski definition) is 2. The lowest BCUT2D eigenvalue weighted by Gasteiger charge is -2.10. The Balaban J connectivity index is 1.84. The van der Waals surface area contributed by atoms with Gasteiger partial charge in [0.2, 0.25) is 0 Å². The van der Waals surface area contributed by atoms with Gasteiger partial charge in [0.1, 0.15) is 5.75 Å². The number of anilines is 1. The number of ether oxygens (including phenoxy) is 1. The quantitative estimate of drug-likeness (QED) is 0.729. The zero-order valence-electron chi connectivity index (χ0n) is 13.6. The summed E-state index contributed by atoms with van der Waals surface area (Å²) < 4.78 is 6.40. The van der Waals surface area contributed by atoms with E-state index in [0.29, 0.717) is 5.75 Å². The first-order valence-electron chi connectivity index (χ1n) is 7.86. The van der Waals surface area contributed by atoms with E-state index >= 15 is 0 Å². The average molecular weight is 376 g/mol. The van der Waals surface area contributed by atoms with E-state index in [9.17, 15) is 4.79 Å². The van der Waals surface area contributed by atoms with Gasteiger partial charge < -0.3 is 10.1 Å². The maximum absolute atomic E-state index is 12.0. The molecule has 0 atom stereocenters. The second-order valence-electron chi connectivity index (χ2n) is 5.57. The molecule has 0 saturated carbocycles. The molecule has 0 bridgehead atoms. The van der Waals surface area contributed by atoms with E-state index in [0.717, 1.165) is 22.1 Å². The second-order valence-corrected chi connectivity index (χ2v) is 6.43. The number of nitrogens with one attached hydrogen (secondary N) is 1. The fourth-order valence-corrected chi connectivity index (χ4v) is 2.81. The van der Waals surface area contributed by atoms with Crippen molar-refractivity contribution in [3.63, 3.8) is 0 Å². The molecule has 1 amide bonds. The van der Waals surface area contributed by atoms with Gasteiger partial charge in [-0.1, -0.05) is 31.5 Å². The number of halogens is 1. The van der Waals surface area contributed by atoms with Gasteiger partial charge in [-0.25, -0.2) is 0 Å². The first-order chi connectivity index (χ1) is 11.1. The van der Waals surface area contributed by atoms with E-state index in [-0.39, 0.29) is 12.5 Å². The van der Waals surface area contributed by atoms with E-state index < -0.39 is 0 Å². The first-order valence-corrected chi connectivity index (χ1v) is 8.65. The molecular formula is C19H22BrNO2. The Hall–Kier alpha value is -1.81. The summed E-state index contributed by atoms with van der Waals surface area (Å²) in [6.07, 6.45) is 3.45. The van der Waals surface area contributed by atoms with Crippen LogP contribution in [0, 0.1) is 6.92 Å². The molecule has 1 N–H and O–H groups in total. The summed E-state index contributed by atoms with van der Waals surface area (Å²) in [5.41, 5.74) is 3.23. The summed E-state index contributed by atoms with van der Waals surface area (Å²) in [5.74, 6) is 0.499. The third-order valence-corrected chi connectivity index (χ3v) is 4.12. The van der Waals surface area contributed by atoms with Crippen molar-refractivity contribution < 1.29 is 9.53 Å². The van der Waals surface area contributed by atoms with Gasteiger partial charge in [0.25, 0.3) is 5.91 Å². The summed E-state index contributed by atoms with van der Waals surface area (Å²) in [5, 5.41) is 2.85. The van der Waals surface area contributed by atoms with Gasteiger partial charge in [0.05, 0.1) is 4.47 Å². The van der Waals surface area contributed by atoms with Crippen molar-refractivity contribution in [2.45, 2.75) is 33.1 Å². The summed E-state index contributed by atoms with van der Waals surface area (Å²) in [6.45, 7) is 4.17. The SMILES string of the molecule is CCCCc1ccc(NC(=O)COc2ccc(C)cc2Br)cc1. The summed E-state index contributed by atoms with van der Waals surface area (Å²) >= 11 is 3.44. The molecule has 0 aromatic heterocycles. The third-order valence-electron chi connectivity index (χ3n) is 3.50. The molecule has 0 unspecified atom stereocenters. The van der Waals surface area contributed by atoms with Crippen molar-refractivity contribution in [1.82, 2.24) is 0 Å². The average Bonchev–Trinajstić information content (AvgIpc) is 2.53. The van der Waals surface area contributed by atoms with Crippen LogP contribution in [-0.4, -0.2) is 12.5 Å². The molecule has 0 fully saturated rings. The number of rotatable bonds is 7. The Morgan fingerprint density at radius 1 is 1.17 bits per heavy atom. The van der Waals surface area contributed by atoms with E-state index in [1.807, 2.05) is 37.3 Å². The smallest absolute Gasteiger partial charge is 0.262 e. The van der Waals surface area contributed by atoms with Crippen LogP contribution in [-0.2, 0) is 11.2 Å². The molecule has 23 heavy (non-hydrogen) atoms. The summed E-state index contributed by atoms with van der Waals surface area (Å²) in [6, 6.07) is 13.8. The molecule has 2 rings (SSSR count). The lowest BCUT2D eigenvalue weighted by atomic mass is 10.1. The Labute approximate surface area is 146 Å². The standard InChI is InChI=1S/C19H22BrNO2/c1-3-4-5-15-7-9-16(10-8-15)21-19(22)13-23-18-11-6-14(2)12-17(18)20/h6-12H,3-5,13H2,1-2H3,(H,21,22). The number of aryl methyl sites for hydroxylation is 2. The van der Waals surface area contributed by atoms with Crippen molar-refractivity contribution >= 4 is 27.5 Å². The molecule has 0 aliphatic rings. The van der Waals surface area contributed by atoms with Crippen molar-refractivity contribution in [3.8, 4) is 5.75 Å². The monoisotopic (exact) mass is 375 g/mol. The maximum Gasteiger partial charge on any atom is 0.262 e. The lowest BCUT2D eigenvalue weighted by molar-refractivity contribution is -0.118. The highest BCUT2D eigenvalue weighted by Gasteiger charge is 2.06. The van der Waals surface area contributed by atoms with Crippen LogP contribution in [0.15, 0.2) is 46.9 Å². The van der Waals surface area contributed by atoms with Gasteiger partial charge >= 0.3 is 0 Å². The van der Waals surface area contributed by atoms with Gasteiger partial charge in [-0.3, -0.25) is 4.79 Å². The van der Waals surface area contributed by atoms with Gasteiger partial charge in [-0.05, 0) is 71.1 Å². The number of amides is 1. The Morgan fingerprint density at radius 3 is 2.57 bits per heavy atom. The highest BCUT2D eigenvalue weighted by molar-refractivity contribution is 9.10. The number of carbonyl (C=O) groups excluding carboxylic acids is 1. The minimum Gasteiger partial charge on any atom is -0.483 e. The topological polar surface area (TPSA) is 38.3 Å². The van der Waals surface area contributed by atoms with Crippen LogP contribution >= 0.6 is 15.9 Å². The minimum absolute atomic E-state index is 0.0146. The number of hydrogen-bond donors (Lipinski definition) is 1. The first kappa shape index (κ1) is 17.5. The minimum atomic E-state index is -0.168. The zero-order chi connectivity index (χ0) is 16.7. The molecule has 0 saturated heterocycles. The van der Waals surface area contributed by atoms with Crippen LogP contribution < -0.4 is 10.1 Å².